The molecule has 2 aromatic rings. The number of nitrogens with one attached hydrogen (secondary N) is 1. The van der Waals surface area contributed by atoms with Crippen molar-refractivity contribution in [1.29, 1.82) is 0 Å². The van der Waals surface area contributed by atoms with E-state index in [-0.39, 0.29) is 11.9 Å². The average molecular weight is 299 g/mol. The first kappa shape index (κ1) is 14.3. The van der Waals surface area contributed by atoms with Gasteiger partial charge in [0.2, 0.25) is 0 Å². The molecular weight excluding hydrogens is 286 g/mol. The number of rotatable bonds is 4. The van der Waals surface area contributed by atoms with Gasteiger partial charge in [-0.1, -0.05) is 47.5 Å². The highest BCUT2D eigenvalue weighted by molar-refractivity contribution is 6.35. The van der Waals surface area contributed by atoms with E-state index >= 15 is 0 Å². The van der Waals surface area contributed by atoms with E-state index in [1.54, 1.807) is 36.4 Å². The first-order valence-corrected chi connectivity index (χ1v) is 6.52. The molecule has 0 aromatic heterocycles. The summed E-state index contributed by atoms with van der Waals surface area (Å²) in [5, 5.41) is 1.06. The Morgan fingerprint density at radius 2 is 1.89 bits per heavy atom. The molecular formula is C14H13Cl2FN2. The molecule has 0 spiro atoms. The van der Waals surface area contributed by atoms with Crippen LogP contribution in [0.2, 0.25) is 10.0 Å². The fraction of sp³-hybridized carbons (Fsp3) is 0.143. The molecule has 3 N–H and O–H groups in total. The number of nitrogens with two attached hydrogens (primary N) is 1. The van der Waals surface area contributed by atoms with E-state index < -0.39 is 0 Å². The molecule has 0 bridgehead atoms. The molecule has 2 aromatic carbocycles. The topological polar surface area (TPSA) is 38.0 Å². The van der Waals surface area contributed by atoms with Crippen molar-refractivity contribution in [3.63, 3.8) is 0 Å². The second-order valence-corrected chi connectivity index (χ2v) is 5.02. The molecule has 2 rings (SSSR count). The molecule has 19 heavy (non-hydrogen) atoms. The standard InChI is InChI=1S/C14H13Cl2FN2/c15-10-5-6-11(12(16)8-10)14(19-18)7-9-3-1-2-4-13(9)17/h1-6,8,14,19H,7,18H2. The monoisotopic (exact) mass is 298 g/mol. The van der Waals surface area contributed by atoms with Crippen molar-refractivity contribution >= 4 is 23.2 Å². The van der Waals surface area contributed by atoms with Gasteiger partial charge in [-0.3, -0.25) is 11.3 Å². The van der Waals surface area contributed by atoms with E-state index in [9.17, 15) is 4.39 Å². The maximum Gasteiger partial charge on any atom is 0.126 e. The van der Waals surface area contributed by atoms with Crippen LogP contribution in [0.1, 0.15) is 17.2 Å². The van der Waals surface area contributed by atoms with Gasteiger partial charge in [-0.25, -0.2) is 4.39 Å². The smallest absolute Gasteiger partial charge is 0.126 e. The Labute approximate surface area is 121 Å². The lowest BCUT2D eigenvalue weighted by molar-refractivity contribution is 0.529. The lowest BCUT2D eigenvalue weighted by Crippen LogP contribution is -2.30. The number of halogens is 3. The zero-order valence-corrected chi connectivity index (χ0v) is 11.5. The van der Waals surface area contributed by atoms with Gasteiger partial charge >= 0.3 is 0 Å². The van der Waals surface area contributed by atoms with Crippen molar-refractivity contribution in [3.8, 4) is 0 Å². The van der Waals surface area contributed by atoms with Crippen LogP contribution in [-0.2, 0) is 6.42 Å². The van der Waals surface area contributed by atoms with Crippen LogP contribution < -0.4 is 11.3 Å². The van der Waals surface area contributed by atoms with Crippen LogP contribution in [0, 0.1) is 5.82 Å². The first-order chi connectivity index (χ1) is 9.11. The highest BCUT2D eigenvalue weighted by Gasteiger charge is 2.16. The van der Waals surface area contributed by atoms with Gasteiger partial charge in [-0.05, 0) is 35.7 Å². The van der Waals surface area contributed by atoms with Crippen molar-refractivity contribution in [2.45, 2.75) is 12.5 Å². The maximum absolute atomic E-state index is 13.6. The normalized spacial score (nSPS) is 12.4. The van der Waals surface area contributed by atoms with Crippen LogP contribution in [0.4, 0.5) is 4.39 Å². The highest BCUT2D eigenvalue weighted by atomic mass is 35.5. The van der Waals surface area contributed by atoms with E-state index in [2.05, 4.69) is 5.43 Å². The van der Waals surface area contributed by atoms with Crippen LogP contribution in [0.15, 0.2) is 42.5 Å². The van der Waals surface area contributed by atoms with E-state index in [4.69, 9.17) is 29.0 Å². The maximum atomic E-state index is 13.6. The molecule has 0 aliphatic rings. The van der Waals surface area contributed by atoms with Gasteiger partial charge in [0.05, 0.1) is 6.04 Å². The number of hydrogen-bond donors (Lipinski definition) is 2. The molecule has 0 heterocycles. The Morgan fingerprint density at radius 3 is 2.53 bits per heavy atom. The lowest BCUT2D eigenvalue weighted by Gasteiger charge is -2.18. The van der Waals surface area contributed by atoms with Gasteiger partial charge in [-0.15, -0.1) is 0 Å². The minimum Gasteiger partial charge on any atom is -0.271 e. The molecule has 100 valence electrons. The van der Waals surface area contributed by atoms with Crippen molar-refractivity contribution in [2.24, 2.45) is 5.84 Å². The minimum atomic E-state index is -0.276. The third kappa shape index (κ3) is 3.45. The van der Waals surface area contributed by atoms with Crippen LogP contribution >= 0.6 is 23.2 Å². The largest absolute Gasteiger partial charge is 0.271 e. The molecule has 0 saturated carbocycles. The van der Waals surface area contributed by atoms with Crippen molar-refractivity contribution in [2.75, 3.05) is 0 Å². The van der Waals surface area contributed by atoms with E-state index in [0.717, 1.165) is 5.56 Å². The molecule has 0 amide bonds. The molecule has 0 aliphatic carbocycles. The molecule has 0 aliphatic heterocycles. The summed E-state index contributed by atoms with van der Waals surface area (Å²) in [4.78, 5) is 0. The van der Waals surface area contributed by atoms with Crippen LogP contribution in [0.5, 0.6) is 0 Å². The van der Waals surface area contributed by atoms with E-state index in [0.29, 0.717) is 22.0 Å². The molecule has 0 radical (unpaired) electrons. The average Bonchev–Trinajstić information content (AvgIpc) is 2.39. The van der Waals surface area contributed by atoms with Gasteiger partial charge < -0.3 is 0 Å². The third-order valence-corrected chi connectivity index (χ3v) is 3.48. The Hall–Kier alpha value is -1.13. The number of benzene rings is 2. The molecule has 1 atom stereocenters. The Kier molecular flexibility index (Phi) is 4.77. The van der Waals surface area contributed by atoms with Crippen molar-refractivity contribution in [3.05, 3.63) is 69.5 Å². The van der Waals surface area contributed by atoms with Gasteiger partial charge in [0.1, 0.15) is 5.82 Å². The SMILES string of the molecule is NNC(Cc1ccccc1F)c1ccc(Cl)cc1Cl. The Balaban J connectivity index is 2.28. The fourth-order valence-electron chi connectivity index (χ4n) is 1.93. The summed E-state index contributed by atoms with van der Waals surface area (Å²) in [5.74, 6) is 5.29. The highest BCUT2D eigenvalue weighted by Crippen LogP contribution is 2.28. The zero-order valence-electron chi connectivity index (χ0n) is 10.0. The third-order valence-electron chi connectivity index (χ3n) is 2.92. The Bertz CT molecular complexity index is 575. The van der Waals surface area contributed by atoms with Gasteiger partial charge in [0, 0.05) is 10.0 Å². The van der Waals surface area contributed by atoms with Crippen molar-refractivity contribution in [1.82, 2.24) is 5.43 Å². The van der Waals surface area contributed by atoms with Crippen LogP contribution in [0.25, 0.3) is 0 Å². The Morgan fingerprint density at radius 1 is 1.16 bits per heavy atom. The second kappa shape index (κ2) is 6.35. The van der Waals surface area contributed by atoms with E-state index in [1.807, 2.05) is 0 Å². The lowest BCUT2D eigenvalue weighted by atomic mass is 9.99. The zero-order chi connectivity index (χ0) is 13.8. The summed E-state index contributed by atoms with van der Waals surface area (Å²) in [7, 11) is 0. The summed E-state index contributed by atoms with van der Waals surface area (Å²) in [6.07, 6.45) is 0.407. The fourth-order valence-corrected chi connectivity index (χ4v) is 2.47. The molecule has 0 saturated heterocycles. The summed E-state index contributed by atoms with van der Waals surface area (Å²) < 4.78 is 13.6. The summed E-state index contributed by atoms with van der Waals surface area (Å²) >= 11 is 12.0. The number of hydrogen-bond acceptors (Lipinski definition) is 2. The predicted molar refractivity (Wildman–Crippen MR) is 76.6 cm³/mol. The first-order valence-electron chi connectivity index (χ1n) is 5.76. The quantitative estimate of drug-likeness (QED) is 0.664. The van der Waals surface area contributed by atoms with Gasteiger partial charge in [0.25, 0.3) is 0 Å². The molecule has 1 unspecified atom stereocenters. The van der Waals surface area contributed by atoms with E-state index in [1.165, 1.54) is 6.07 Å². The molecule has 0 fully saturated rings. The van der Waals surface area contributed by atoms with Crippen LogP contribution in [-0.4, -0.2) is 0 Å². The summed E-state index contributed by atoms with van der Waals surface area (Å²) in [6, 6.07) is 11.5. The molecule has 5 heteroatoms. The summed E-state index contributed by atoms with van der Waals surface area (Å²) in [5.41, 5.74) is 4.03. The predicted octanol–water partition coefficient (Wildman–Crippen LogP) is 3.88. The molecule has 2 nitrogen and oxygen atoms in total. The summed E-state index contributed by atoms with van der Waals surface area (Å²) in [6.45, 7) is 0. The van der Waals surface area contributed by atoms with Crippen molar-refractivity contribution < 1.29 is 4.39 Å². The van der Waals surface area contributed by atoms with Gasteiger partial charge in [-0.2, -0.15) is 0 Å². The van der Waals surface area contributed by atoms with Gasteiger partial charge in [0.15, 0.2) is 0 Å². The number of hydrazine groups is 1. The minimum absolute atomic E-state index is 0.257. The second-order valence-electron chi connectivity index (χ2n) is 4.18. The van der Waals surface area contributed by atoms with Crippen LogP contribution in [0.3, 0.4) is 0 Å².